The Hall–Kier alpha value is -1.06. The van der Waals surface area contributed by atoms with Crippen molar-refractivity contribution in [3.8, 4) is 5.75 Å². The first kappa shape index (κ1) is 19.3. The number of hydrogen-bond acceptors (Lipinski definition) is 3. The second-order valence-electron chi connectivity index (χ2n) is 8.28. The standard InChI is InChI=1S/C21H36N2O/c1-17(23-19-10-6-5-7-11-19)15-18-9-8-12-20(16-18)24-14-13-22-21(2,3)4/h8-9,12,16-17,19,22-23H,5-7,10-11,13-15H2,1-4H3. The lowest BCUT2D eigenvalue weighted by atomic mass is 9.94. The van der Waals surface area contributed by atoms with E-state index in [4.69, 9.17) is 4.74 Å². The van der Waals surface area contributed by atoms with E-state index in [9.17, 15) is 0 Å². The Kier molecular flexibility index (Phi) is 7.57. The highest BCUT2D eigenvalue weighted by atomic mass is 16.5. The molecule has 0 heterocycles. The highest BCUT2D eigenvalue weighted by Gasteiger charge is 2.15. The van der Waals surface area contributed by atoms with E-state index >= 15 is 0 Å². The van der Waals surface area contributed by atoms with Crippen LogP contribution in [0.15, 0.2) is 24.3 Å². The first-order chi connectivity index (χ1) is 11.4. The Balaban J connectivity index is 1.74. The molecule has 1 aliphatic rings. The molecule has 2 rings (SSSR count). The maximum absolute atomic E-state index is 5.89. The minimum atomic E-state index is 0.144. The molecule has 0 bridgehead atoms. The van der Waals surface area contributed by atoms with Crippen LogP contribution in [0.5, 0.6) is 5.75 Å². The van der Waals surface area contributed by atoms with Crippen LogP contribution < -0.4 is 15.4 Å². The Bertz CT molecular complexity index is 475. The first-order valence-electron chi connectivity index (χ1n) is 9.65. The molecule has 136 valence electrons. The molecule has 1 fully saturated rings. The van der Waals surface area contributed by atoms with Gasteiger partial charge in [-0.25, -0.2) is 0 Å². The van der Waals surface area contributed by atoms with Crippen molar-refractivity contribution in [2.45, 2.75) is 83.8 Å². The van der Waals surface area contributed by atoms with Crippen LogP contribution >= 0.6 is 0 Å². The van der Waals surface area contributed by atoms with E-state index < -0.39 is 0 Å². The molecular weight excluding hydrogens is 296 g/mol. The van der Waals surface area contributed by atoms with Gasteiger partial charge in [0.1, 0.15) is 12.4 Å². The van der Waals surface area contributed by atoms with Crippen molar-refractivity contribution < 1.29 is 4.74 Å². The molecule has 0 aliphatic heterocycles. The molecule has 1 aliphatic carbocycles. The SMILES string of the molecule is CC(Cc1cccc(OCCNC(C)(C)C)c1)NC1CCCCC1. The summed E-state index contributed by atoms with van der Waals surface area (Å²) in [5, 5.41) is 7.25. The third kappa shape index (κ3) is 7.67. The minimum absolute atomic E-state index is 0.144. The average molecular weight is 333 g/mol. The van der Waals surface area contributed by atoms with E-state index in [1.165, 1.54) is 37.7 Å². The lowest BCUT2D eigenvalue weighted by Crippen LogP contribution is -2.39. The van der Waals surface area contributed by atoms with Gasteiger partial charge in [-0.1, -0.05) is 31.4 Å². The lowest BCUT2D eigenvalue weighted by molar-refractivity contribution is 0.290. The second-order valence-corrected chi connectivity index (χ2v) is 8.28. The van der Waals surface area contributed by atoms with Crippen molar-refractivity contribution in [1.82, 2.24) is 10.6 Å². The van der Waals surface area contributed by atoms with Crippen molar-refractivity contribution in [2.24, 2.45) is 0 Å². The zero-order valence-corrected chi connectivity index (χ0v) is 16.0. The fourth-order valence-electron chi connectivity index (χ4n) is 3.44. The van der Waals surface area contributed by atoms with Crippen LogP contribution in [-0.4, -0.2) is 30.8 Å². The van der Waals surface area contributed by atoms with Crippen LogP contribution in [0, 0.1) is 0 Å². The smallest absolute Gasteiger partial charge is 0.119 e. The highest BCUT2D eigenvalue weighted by molar-refractivity contribution is 5.29. The summed E-state index contributed by atoms with van der Waals surface area (Å²) in [5.74, 6) is 0.980. The summed E-state index contributed by atoms with van der Waals surface area (Å²) in [6, 6.07) is 9.80. The topological polar surface area (TPSA) is 33.3 Å². The van der Waals surface area contributed by atoms with Gasteiger partial charge in [0.05, 0.1) is 0 Å². The molecule has 0 spiro atoms. The van der Waals surface area contributed by atoms with E-state index in [0.717, 1.165) is 24.8 Å². The highest BCUT2D eigenvalue weighted by Crippen LogP contribution is 2.19. The predicted octanol–water partition coefficient (Wildman–Crippen LogP) is 4.31. The van der Waals surface area contributed by atoms with Gasteiger partial charge in [-0.3, -0.25) is 0 Å². The van der Waals surface area contributed by atoms with Gasteiger partial charge in [0.2, 0.25) is 0 Å². The van der Waals surface area contributed by atoms with Crippen molar-refractivity contribution in [3.63, 3.8) is 0 Å². The molecule has 1 saturated carbocycles. The zero-order valence-electron chi connectivity index (χ0n) is 16.0. The monoisotopic (exact) mass is 332 g/mol. The number of rotatable bonds is 8. The number of benzene rings is 1. The fraction of sp³-hybridized carbons (Fsp3) is 0.714. The fourth-order valence-corrected chi connectivity index (χ4v) is 3.44. The average Bonchev–Trinajstić information content (AvgIpc) is 2.52. The number of ether oxygens (including phenoxy) is 1. The van der Waals surface area contributed by atoms with Gasteiger partial charge in [0.15, 0.2) is 0 Å². The second kappa shape index (κ2) is 9.43. The molecule has 1 aromatic rings. The first-order valence-corrected chi connectivity index (χ1v) is 9.65. The van der Waals surface area contributed by atoms with Crippen LogP contribution in [0.25, 0.3) is 0 Å². The number of nitrogens with one attached hydrogen (secondary N) is 2. The summed E-state index contributed by atoms with van der Waals surface area (Å²) in [6.07, 6.45) is 7.93. The molecule has 0 radical (unpaired) electrons. The van der Waals surface area contributed by atoms with E-state index in [-0.39, 0.29) is 5.54 Å². The molecule has 1 atom stereocenters. The molecule has 1 aromatic carbocycles. The van der Waals surface area contributed by atoms with Crippen molar-refractivity contribution in [2.75, 3.05) is 13.2 Å². The summed E-state index contributed by atoms with van der Waals surface area (Å²) >= 11 is 0. The Morgan fingerprint density at radius 2 is 1.92 bits per heavy atom. The maximum Gasteiger partial charge on any atom is 0.119 e. The molecule has 3 nitrogen and oxygen atoms in total. The quantitative estimate of drug-likeness (QED) is 0.696. The molecule has 2 N–H and O–H groups in total. The van der Waals surface area contributed by atoms with Crippen molar-refractivity contribution >= 4 is 0 Å². The molecule has 24 heavy (non-hydrogen) atoms. The molecule has 0 saturated heterocycles. The predicted molar refractivity (Wildman–Crippen MR) is 103 cm³/mol. The summed E-state index contributed by atoms with van der Waals surface area (Å²) in [4.78, 5) is 0. The third-order valence-electron chi connectivity index (χ3n) is 4.59. The number of hydrogen-bond donors (Lipinski definition) is 2. The summed E-state index contributed by atoms with van der Waals surface area (Å²) in [7, 11) is 0. The van der Waals surface area contributed by atoms with Gasteiger partial charge in [-0.15, -0.1) is 0 Å². The van der Waals surface area contributed by atoms with Gasteiger partial charge < -0.3 is 15.4 Å². The van der Waals surface area contributed by atoms with E-state index in [2.05, 4.69) is 62.6 Å². The summed E-state index contributed by atoms with van der Waals surface area (Å²) in [5.41, 5.74) is 1.50. The Labute approximate surface area is 148 Å². The van der Waals surface area contributed by atoms with Crippen LogP contribution in [0.4, 0.5) is 0 Å². The van der Waals surface area contributed by atoms with Crippen LogP contribution in [0.1, 0.15) is 65.4 Å². The van der Waals surface area contributed by atoms with Gasteiger partial charge in [0, 0.05) is 24.2 Å². The normalized spacial score (nSPS) is 17.7. The Morgan fingerprint density at radius 1 is 1.17 bits per heavy atom. The minimum Gasteiger partial charge on any atom is -0.492 e. The van der Waals surface area contributed by atoms with Crippen LogP contribution in [-0.2, 0) is 6.42 Å². The molecule has 0 amide bonds. The summed E-state index contributed by atoms with van der Waals surface area (Å²) < 4.78 is 5.89. The zero-order chi connectivity index (χ0) is 17.4. The van der Waals surface area contributed by atoms with Crippen LogP contribution in [0.2, 0.25) is 0 Å². The molecular formula is C21H36N2O. The lowest BCUT2D eigenvalue weighted by Gasteiger charge is -2.26. The third-order valence-corrected chi connectivity index (χ3v) is 4.59. The van der Waals surface area contributed by atoms with Gasteiger partial charge in [-0.2, -0.15) is 0 Å². The van der Waals surface area contributed by atoms with Gasteiger partial charge >= 0.3 is 0 Å². The van der Waals surface area contributed by atoms with Gasteiger partial charge in [-0.05, 0) is 64.7 Å². The van der Waals surface area contributed by atoms with Crippen molar-refractivity contribution in [3.05, 3.63) is 29.8 Å². The summed E-state index contributed by atoms with van der Waals surface area (Å²) in [6.45, 7) is 10.4. The van der Waals surface area contributed by atoms with Crippen LogP contribution in [0.3, 0.4) is 0 Å². The van der Waals surface area contributed by atoms with Crippen molar-refractivity contribution in [1.29, 1.82) is 0 Å². The molecule has 3 heteroatoms. The molecule has 0 aromatic heterocycles. The van der Waals surface area contributed by atoms with E-state index in [1.54, 1.807) is 0 Å². The molecule has 1 unspecified atom stereocenters. The van der Waals surface area contributed by atoms with E-state index in [1.807, 2.05) is 0 Å². The maximum atomic E-state index is 5.89. The largest absolute Gasteiger partial charge is 0.492 e. The van der Waals surface area contributed by atoms with E-state index in [0.29, 0.717) is 12.6 Å². The van der Waals surface area contributed by atoms with Gasteiger partial charge in [0.25, 0.3) is 0 Å². The Morgan fingerprint density at radius 3 is 2.62 bits per heavy atom.